The van der Waals surface area contributed by atoms with Crippen LogP contribution in [0.1, 0.15) is 17.0 Å². The zero-order chi connectivity index (χ0) is 22.0. The normalized spacial score (nSPS) is 11.0. The molecule has 0 bridgehead atoms. The number of rotatable bonds is 6. The van der Waals surface area contributed by atoms with Gasteiger partial charge in [0.25, 0.3) is 5.22 Å². The number of nitrogens with zero attached hydrogens (tertiary/aromatic N) is 4. The van der Waals surface area contributed by atoms with Crippen molar-refractivity contribution in [2.45, 2.75) is 26.0 Å². The fourth-order valence-corrected chi connectivity index (χ4v) is 3.87. The lowest BCUT2D eigenvalue weighted by Crippen LogP contribution is -2.15. The highest BCUT2D eigenvalue weighted by Crippen LogP contribution is 2.26. The number of nitrogens with one attached hydrogen (secondary N) is 1. The van der Waals surface area contributed by atoms with Crippen LogP contribution in [-0.2, 0) is 4.79 Å². The Bertz CT molecular complexity index is 1220. The number of hydrogen-bond acceptors (Lipinski definition) is 6. The van der Waals surface area contributed by atoms with Crippen LogP contribution in [0.25, 0.3) is 17.1 Å². The van der Waals surface area contributed by atoms with Crippen molar-refractivity contribution in [1.29, 1.82) is 0 Å². The van der Waals surface area contributed by atoms with E-state index < -0.39 is 0 Å². The van der Waals surface area contributed by atoms with Crippen LogP contribution in [0.5, 0.6) is 0 Å². The summed E-state index contributed by atoms with van der Waals surface area (Å²) >= 11 is 4.59. The molecule has 4 rings (SSSR count). The third kappa shape index (κ3) is 4.88. The Morgan fingerprint density at radius 3 is 2.48 bits per heavy atom. The molecule has 1 amide bonds. The molecule has 2 aromatic carbocycles. The van der Waals surface area contributed by atoms with E-state index in [-0.39, 0.29) is 11.7 Å². The maximum atomic E-state index is 12.5. The SMILES string of the molecule is Cc1ccc(-n2nc(C)c(NC(=O)CSc3nnc(-c4ccc(Br)cc4)o3)c2C)cc1. The molecule has 0 radical (unpaired) electrons. The Labute approximate surface area is 192 Å². The minimum absolute atomic E-state index is 0.149. The van der Waals surface area contributed by atoms with Gasteiger partial charge in [-0.05, 0) is 57.2 Å². The number of amides is 1. The average molecular weight is 498 g/mol. The Morgan fingerprint density at radius 1 is 1.06 bits per heavy atom. The van der Waals surface area contributed by atoms with Crippen molar-refractivity contribution in [1.82, 2.24) is 20.0 Å². The van der Waals surface area contributed by atoms with Gasteiger partial charge in [-0.1, -0.05) is 45.4 Å². The number of carbonyl (C=O) groups excluding carboxylic acids is 1. The lowest BCUT2D eigenvalue weighted by atomic mass is 10.2. The maximum Gasteiger partial charge on any atom is 0.277 e. The lowest BCUT2D eigenvalue weighted by Gasteiger charge is -2.07. The van der Waals surface area contributed by atoms with Crippen LogP contribution in [0.4, 0.5) is 5.69 Å². The van der Waals surface area contributed by atoms with Crippen molar-refractivity contribution in [3.63, 3.8) is 0 Å². The van der Waals surface area contributed by atoms with Crippen molar-refractivity contribution in [3.05, 3.63) is 70.0 Å². The Balaban J connectivity index is 1.40. The van der Waals surface area contributed by atoms with Crippen molar-refractivity contribution in [3.8, 4) is 17.1 Å². The molecule has 1 N–H and O–H groups in total. The number of aryl methyl sites for hydroxylation is 2. The second kappa shape index (κ2) is 9.07. The topological polar surface area (TPSA) is 85.8 Å². The number of thioether (sulfide) groups is 1. The van der Waals surface area contributed by atoms with Gasteiger partial charge < -0.3 is 9.73 Å². The van der Waals surface area contributed by atoms with Crippen LogP contribution in [0, 0.1) is 20.8 Å². The van der Waals surface area contributed by atoms with Gasteiger partial charge in [0.2, 0.25) is 11.8 Å². The molecule has 0 atom stereocenters. The van der Waals surface area contributed by atoms with Gasteiger partial charge in [-0.2, -0.15) is 5.10 Å². The van der Waals surface area contributed by atoms with E-state index in [2.05, 4.69) is 36.5 Å². The van der Waals surface area contributed by atoms with E-state index in [1.807, 2.05) is 74.0 Å². The number of carbonyl (C=O) groups is 1. The largest absolute Gasteiger partial charge is 0.411 e. The first-order valence-electron chi connectivity index (χ1n) is 9.56. The fourth-order valence-electron chi connectivity index (χ4n) is 3.04. The molecule has 4 aromatic rings. The van der Waals surface area contributed by atoms with Gasteiger partial charge in [-0.3, -0.25) is 4.79 Å². The van der Waals surface area contributed by atoms with Crippen LogP contribution in [0.15, 0.2) is 62.6 Å². The first kappa shape index (κ1) is 21.3. The highest BCUT2D eigenvalue weighted by Gasteiger charge is 2.17. The third-order valence-electron chi connectivity index (χ3n) is 4.66. The van der Waals surface area contributed by atoms with E-state index in [4.69, 9.17) is 4.42 Å². The summed E-state index contributed by atoms with van der Waals surface area (Å²) in [4.78, 5) is 12.5. The zero-order valence-corrected chi connectivity index (χ0v) is 19.6. The van der Waals surface area contributed by atoms with E-state index in [0.717, 1.165) is 27.1 Å². The second-order valence-corrected chi connectivity index (χ2v) is 8.85. The molecule has 0 saturated carbocycles. The zero-order valence-electron chi connectivity index (χ0n) is 17.2. The lowest BCUT2D eigenvalue weighted by molar-refractivity contribution is -0.113. The molecule has 0 aliphatic carbocycles. The summed E-state index contributed by atoms with van der Waals surface area (Å²) in [5.41, 5.74) is 5.29. The minimum Gasteiger partial charge on any atom is -0.411 e. The number of benzene rings is 2. The molecule has 0 saturated heterocycles. The molecule has 9 heteroatoms. The Hall–Kier alpha value is -2.91. The predicted molar refractivity (Wildman–Crippen MR) is 125 cm³/mol. The molecule has 2 heterocycles. The quantitative estimate of drug-likeness (QED) is 0.361. The minimum atomic E-state index is -0.164. The summed E-state index contributed by atoms with van der Waals surface area (Å²) in [6.45, 7) is 5.85. The highest BCUT2D eigenvalue weighted by atomic mass is 79.9. The molecule has 158 valence electrons. The van der Waals surface area contributed by atoms with E-state index >= 15 is 0 Å². The summed E-state index contributed by atoms with van der Waals surface area (Å²) in [6, 6.07) is 15.7. The summed E-state index contributed by atoms with van der Waals surface area (Å²) in [5, 5.41) is 15.9. The van der Waals surface area contributed by atoms with E-state index in [0.29, 0.717) is 16.8 Å². The first-order valence-corrected chi connectivity index (χ1v) is 11.3. The van der Waals surface area contributed by atoms with Crippen molar-refractivity contribution >= 4 is 39.3 Å². The van der Waals surface area contributed by atoms with Crippen molar-refractivity contribution in [2.24, 2.45) is 0 Å². The van der Waals surface area contributed by atoms with Gasteiger partial charge in [0.05, 0.1) is 28.5 Å². The van der Waals surface area contributed by atoms with E-state index in [1.54, 1.807) is 0 Å². The second-order valence-electron chi connectivity index (χ2n) is 7.01. The van der Waals surface area contributed by atoms with Gasteiger partial charge in [-0.25, -0.2) is 4.68 Å². The number of halogens is 1. The van der Waals surface area contributed by atoms with Gasteiger partial charge in [0.1, 0.15) is 0 Å². The maximum absolute atomic E-state index is 12.5. The van der Waals surface area contributed by atoms with E-state index in [9.17, 15) is 4.79 Å². The van der Waals surface area contributed by atoms with Crippen LogP contribution in [-0.4, -0.2) is 31.6 Å². The van der Waals surface area contributed by atoms with E-state index in [1.165, 1.54) is 17.3 Å². The summed E-state index contributed by atoms with van der Waals surface area (Å²) in [7, 11) is 0. The van der Waals surface area contributed by atoms with Crippen molar-refractivity contribution < 1.29 is 9.21 Å². The van der Waals surface area contributed by atoms with Crippen LogP contribution >= 0.6 is 27.7 Å². The molecule has 0 spiro atoms. The Morgan fingerprint density at radius 2 is 1.77 bits per heavy atom. The van der Waals surface area contributed by atoms with Crippen molar-refractivity contribution in [2.75, 3.05) is 11.1 Å². The summed E-state index contributed by atoms with van der Waals surface area (Å²) in [6.07, 6.45) is 0. The standard InChI is InChI=1S/C22H20BrN5O2S/c1-13-4-10-18(11-5-13)28-15(3)20(14(2)27-28)24-19(29)12-31-22-26-25-21(30-22)16-6-8-17(23)9-7-16/h4-11H,12H2,1-3H3,(H,24,29). The number of hydrogen-bond donors (Lipinski definition) is 1. The first-order chi connectivity index (χ1) is 14.9. The summed E-state index contributed by atoms with van der Waals surface area (Å²) in [5.74, 6) is 0.404. The molecule has 0 aliphatic heterocycles. The number of aromatic nitrogens is 4. The molecular formula is C22H20BrN5O2S. The average Bonchev–Trinajstić information content (AvgIpc) is 3.34. The van der Waals surface area contributed by atoms with Gasteiger partial charge in [0, 0.05) is 10.0 Å². The van der Waals surface area contributed by atoms with Gasteiger partial charge >= 0.3 is 0 Å². The van der Waals surface area contributed by atoms with Crippen LogP contribution in [0.3, 0.4) is 0 Å². The predicted octanol–water partition coefficient (Wildman–Crippen LogP) is 5.34. The monoisotopic (exact) mass is 497 g/mol. The Kier molecular flexibility index (Phi) is 6.24. The fraction of sp³-hybridized carbons (Fsp3) is 0.182. The third-order valence-corrected chi connectivity index (χ3v) is 6.01. The highest BCUT2D eigenvalue weighted by molar-refractivity contribution is 9.10. The van der Waals surface area contributed by atoms with Crippen LogP contribution < -0.4 is 5.32 Å². The summed E-state index contributed by atoms with van der Waals surface area (Å²) < 4.78 is 8.46. The molecule has 0 unspecified atom stereocenters. The number of anilines is 1. The molecule has 2 aromatic heterocycles. The van der Waals surface area contributed by atoms with Crippen LogP contribution in [0.2, 0.25) is 0 Å². The molecule has 0 aliphatic rings. The van der Waals surface area contributed by atoms with Gasteiger partial charge in [-0.15, -0.1) is 10.2 Å². The molecule has 7 nitrogen and oxygen atoms in total. The molecule has 31 heavy (non-hydrogen) atoms. The molecule has 0 fully saturated rings. The smallest absolute Gasteiger partial charge is 0.277 e. The molecular weight excluding hydrogens is 478 g/mol. The van der Waals surface area contributed by atoms with Gasteiger partial charge in [0.15, 0.2) is 0 Å².